The normalized spacial score (nSPS) is 11.5. The van der Waals surface area contributed by atoms with E-state index in [2.05, 4.69) is 5.32 Å². The molecule has 0 aliphatic rings. The van der Waals surface area contributed by atoms with Crippen LogP contribution in [0.4, 0.5) is 5.69 Å². The summed E-state index contributed by atoms with van der Waals surface area (Å²) < 4.78 is 10.6. The quantitative estimate of drug-likeness (QED) is 0.431. The zero-order chi connectivity index (χ0) is 15.7. The molecule has 0 saturated carbocycles. The summed E-state index contributed by atoms with van der Waals surface area (Å²) in [5, 5.41) is 14.0. The molecule has 7 heteroatoms. The first-order chi connectivity index (χ1) is 10.1. The van der Waals surface area contributed by atoms with E-state index >= 15 is 0 Å². The van der Waals surface area contributed by atoms with Crippen LogP contribution in [-0.4, -0.2) is 31.8 Å². The minimum absolute atomic E-state index is 0.0375. The summed E-state index contributed by atoms with van der Waals surface area (Å²) in [7, 11) is 1.62. The van der Waals surface area contributed by atoms with Crippen LogP contribution in [0.1, 0.15) is 12.5 Å². The number of rotatable bonds is 9. The Bertz CT molecular complexity index is 506. The van der Waals surface area contributed by atoms with Crippen molar-refractivity contribution in [2.75, 3.05) is 26.9 Å². The van der Waals surface area contributed by atoms with E-state index in [1.54, 1.807) is 13.2 Å². The minimum atomic E-state index is -0.424. The third kappa shape index (κ3) is 6.12. The number of non-ortho nitro benzene ring substituents is 1. The van der Waals surface area contributed by atoms with Gasteiger partial charge in [0.2, 0.25) is 0 Å². The van der Waals surface area contributed by atoms with Gasteiger partial charge in [0.15, 0.2) is 0 Å². The molecule has 21 heavy (non-hydrogen) atoms. The standard InChI is InChI=1S/C14H19ClN2O4/c1-11(8-15)10-21-14-4-3-13(17(18)19)7-12(14)9-16-5-6-20-2/h3-4,7-8,16H,5-6,9-10H2,1-2H3/b11-8+. The fourth-order valence-electron chi connectivity index (χ4n) is 1.58. The van der Waals surface area contributed by atoms with Gasteiger partial charge in [0.05, 0.1) is 11.5 Å². The molecule has 1 N–H and O–H groups in total. The van der Waals surface area contributed by atoms with Crippen LogP contribution in [0, 0.1) is 10.1 Å². The molecule has 0 aliphatic heterocycles. The second-order valence-corrected chi connectivity index (χ2v) is 4.68. The molecule has 0 radical (unpaired) electrons. The average molecular weight is 315 g/mol. The summed E-state index contributed by atoms with van der Waals surface area (Å²) in [5.74, 6) is 0.600. The molecule has 6 nitrogen and oxygen atoms in total. The molecule has 116 valence electrons. The van der Waals surface area contributed by atoms with E-state index in [1.165, 1.54) is 17.7 Å². The van der Waals surface area contributed by atoms with Gasteiger partial charge >= 0.3 is 0 Å². The molecule has 0 spiro atoms. The van der Waals surface area contributed by atoms with E-state index in [1.807, 2.05) is 6.92 Å². The summed E-state index contributed by atoms with van der Waals surface area (Å²) >= 11 is 5.59. The lowest BCUT2D eigenvalue weighted by molar-refractivity contribution is -0.384. The first-order valence-electron chi connectivity index (χ1n) is 6.44. The number of nitrogens with zero attached hydrogens (tertiary/aromatic N) is 1. The van der Waals surface area contributed by atoms with Crippen LogP contribution in [-0.2, 0) is 11.3 Å². The van der Waals surface area contributed by atoms with Crippen molar-refractivity contribution in [1.29, 1.82) is 0 Å². The Morgan fingerprint density at radius 3 is 2.90 bits per heavy atom. The van der Waals surface area contributed by atoms with Crippen LogP contribution in [0.15, 0.2) is 29.3 Å². The van der Waals surface area contributed by atoms with E-state index in [0.29, 0.717) is 32.1 Å². The summed E-state index contributed by atoms with van der Waals surface area (Å²) in [6.45, 7) is 3.86. The Morgan fingerprint density at radius 1 is 1.52 bits per heavy atom. The lowest BCUT2D eigenvalue weighted by Crippen LogP contribution is -2.19. The van der Waals surface area contributed by atoms with Crippen LogP contribution in [0.3, 0.4) is 0 Å². The fraction of sp³-hybridized carbons (Fsp3) is 0.429. The van der Waals surface area contributed by atoms with Gasteiger partial charge in [0.1, 0.15) is 12.4 Å². The van der Waals surface area contributed by atoms with Gasteiger partial charge in [-0.3, -0.25) is 10.1 Å². The summed E-state index contributed by atoms with van der Waals surface area (Å²) in [6.07, 6.45) is 0. The smallest absolute Gasteiger partial charge is 0.270 e. The highest BCUT2D eigenvalue weighted by Gasteiger charge is 2.11. The minimum Gasteiger partial charge on any atom is -0.489 e. The largest absolute Gasteiger partial charge is 0.489 e. The van der Waals surface area contributed by atoms with Gasteiger partial charge in [-0.1, -0.05) is 11.6 Å². The van der Waals surface area contributed by atoms with Gasteiger partial charge in [-0.2, -0.15) is 0 Å². The molecule has 1 aromatic rings. The average Bonchev–Trinajstić information content (AvgIpc) is 2.49. The van der Waals surface area contributed by atoms with E-state index in [-0.39, 0.29) is 5.69 Å². The number of nitrogens with one attached hydrogen (secondary N) is 1. The summed E-state index contributed by atoms with van der Waals surface area (Å²) in [6, 6.07) is 4.54. The van der Waals surface area contributed by atoms with Crippen LogP contribution in [0.25, 0.3) is 0 Å². The number of nitro benzene ring substituents is 1. The Labute approximate surface area is 128 Å². The molecule has 0 amide bonds. The first kappa shape index (κ1) is 17.4. The maximum atomic E-state index is 10.9. The first-order valence-corrected chi connectivity index (χ1v) is 6.87. The number of halogens is 1. The molecule has 1 aromatic carbocycles. The maximum Gasteiger partial charge on any atom is 0.270 e. The van der Waals surface area contributed by atoms with Crippen molar-refractivity contribution < 1.29 is 14.4 Å². The van der Waals surface area contributed by atoms with Crippen molar-refractivity contribution in [2.45, 2.75) is 13.5 Å². The number of methoxy groups -OCH3 is 1. The van der Waals surface area contributed by atoms with Gasteiger partial charge in [-0.25, -0.2) is 0 Å². The lowest BCUT2D eigenvalue weighted by atomic mass is 10.1. The predicted octanol–water partition coefficient (Wildman–Crippen LogP) is 2.85. The predicted molar refractivity (Wildman–Crippen MR) is 81.8 cm³/mol. The number of benzene rings is 1. The van der Waals surface area contributed by atoms with Gasteiger partial charge in [0, 0.05) is 43.4 Å². The Kier molecular flexibility index (Phi) is 7.74. The van der Waals surface area contributed by atoms with Gasteiger partial charge in [-0.05, 0) is 18.6 Å². The molecule has 0 unspecified atom stereocenters. The molecular formula is C14H19ClN2O4. The van der Waals surface area contributed by atoms with Crippen molar-refractivity contribution in [2.24, 2.45) is 0 Å². The molecular weight excluding hydrogens is 296 g/mol. The van der Waals surface area contributed by atoms with E-state index in [9.17, 15) is 10.1 Å². The zero-order valence-electron chi connectivity index (χ0n) is 12.1. The van der Waals surface area contributed by atoms with E-state index in [0.717, 1.165) is 11.1 Å². The van der Waals surface area contributed by atoms with Gasteiger partial charge in [0.25, 0.3) is 5.69 Å². The van der Waals surface area contributed by atoms with E-state index < -0.39 is 4.92 Å². The highest BCUT2D eigenvalue weighted by Crippen LogP contribution is 2.24. The Morgan fingerprint density at radius 2 is 2.29 bits per heavy atom. The summed E-state index contributed by atoms with van der Waals surface area (Å²) in [5.41, 5.74) is 3.08. The second-order valence-electron chi connectivity index (χ2n) is 4.46. The molecule has 0 aliphatic carbocycles. The van der Waals surface area contributed by atoms with Crippen molar-refractivity contribution in [3.63, 3.8) is 0 Å². The number of ether oxygens (including phenoxy) is 2. The molecule has 1 rings (SSSR count). The van der Waals surface area contributed by atoms with Crippen molar-refractivity contribution in [3.8, 4) is 5.75 Å². The van der Waals surface area contributed by atoms with E-state index in [4.69, 9.17) is 21.1 Å². The van der Waals surface area contributed by atoms with Crippen LogP contribution >= 0.6 is 11.6 Å². The molecule has 0 saturated heterocycles. The molecule has 0 atom stereocenters. The number of hydrogen-bond donors (Lipinski definition) is 1. The monoisotopic (exact) mass is 314 g/mol. The third-order valence-corrected chi connectivity index (χ3v) is 3.07. The third-order valence-electron chi connectivity index (χ3n) is 2.69. The molecule has 0 fully saturated rings. The Hall–Kier alpha value is -1.63. The molecule has 0 heterocycles. The fourth-order valence-corrected chi connectivity index (χ4v) is 1.64. The topological polar surface area (TPSA) is 73.6 Å². The number of hydrogen-bond acceptors (Lipinski definition) is 5. The molecule has 0 aromatic heterocycles. The van der Waals surface area contributed by atoms with Crippen LogP contribution in [0.5, 0.6) is 5.75 Å². The van der Waals surface area contributed by atoms with Gasteiger partial charge < -0.3 is 14.8 Å². The maximum absolute atomic E-state index is 10.9. The van der Waals surface area contributed by atoms with Crippen molar-refractivity contribution in [1.82, 2.24) is 5.32 Å². The highest BCUT2D eigenvalue weighted by atomic mass is 35.5. The summed E-state index contributed by atoms with van der Waals surface area (Å²) in [4.78, 5) is 10.4. The van der Waals surface area contributed by atoms with Crippen molar-refractivity contribution >= 4 is 17.3 Å². The number of nitro groups is 1. The molecule has 0 bridgehead atoms. The second kappa shape index (κ2) is 9.33. The zero-order valence-corrected chi connectivity index (χ0v) is 12.9. The van der Waals surface area contributed by atoms with Gasteiger partial charge in [-0.15, -0.1) is 0 Å². The van der Waals surface area contributed by atoms with Crippen molar-refractivity contribution in [3.05, 3.63) is 45.0 Å². The SMILES string of the molecule is COCCNCc1cc([N+](=O)[O-])ccc1OC/C(C)=C/Cl. The lowest BCUT2D eigenvalue weighted by Gasteiger charge is -2.12. The Balaban J connectivity index is 2.81. The van der Waals surface area contributed by atoms with Crippen LogP contribution < -0.4 is 10.1 Å². The highest BCUT2D eigenvalue weighted by molar-refractivity contribution is 6.25. The van der Waals surface area contributed by atoms with Crippen LogP contribution in [0.2, 0.25) is 0 Å².